The molecule has 0 radical (unpaired) electrons. The first-order valence-corrected chi connectivity index (χ1v) is 8.49. The second-order valence-corrected chi connectivity index (χ2v) is 6.92. The summed E-state index contributed by atoms with van der Waals surface area (Å²) in [6.07, 6.45) is -1.08. The molecule has 0 bridgehead atoms. The van der Waals surface area contributed by atoms with Crippen molar-refractivity contribution in [1.29, 1.82) is 0 Å². The van der Waals surface area contributed by atoms with Gasteiger partial charge in [0.1, 0.15) is 0 Å². The molecule has 0 unspecified atom stereocenters. The molecule has 2 aromatic carbocycles. The summed E-state index contributed by atoms with van der Waals surface area (Å²) >= 11 is 7.48. The molecule has 4 nitrogen and oxygen atoms in total. The fourth-order valence-electron chi connectivity index (χ4n) is 2.37. The fourth-order valence-corrected chi connectivity index (χ4v) is 3.40. The molecule has 1 amide bonds. The molecule has 0 atom stereocenters. The molecule has 1 aromatic heterocycles. The highest BCUT2D eigenvalue weighted by Crippen LogP contribution is 2.31. The summed E-state index contributed by atoms with van der Waals surface area (Å²) in [5, 5.41) is 14.8. The van der Waals surface area contributed by atoms with E-state index in [9.17, 15) is 4.79 Å². The first-order chi connectivity index (χ1) is 11.6. The minimum absolute atomic E-state index is 0.554. The van der Waals surface area contributed by atoms with Crippen LogP contribution in [-0.2, 0) is 6.54 Å². The van der Waals surface area contributed by atoms with Crippen molar-refractivity contribution >= 4 is 40.4 Å². The molecule has 0 aliphatic rings. The van der Waals surface area contributed by atoms with Gasteiger partial charge in [0.2, 0.25) is 0 Å². The van der Waals surface area contributed by atoms with Gasteiger partial charge in [-0.2, -0.15) is 0 Å². The van der Waals surface area contributed by atoms with Gasteiger partial charge in [0.25, 0.3) is 0 Å². The number of carbonyl (C=O) groups is 1. The maximum absolute atomic E-state index is 11.0. The summed E-state index contributed by atoms with van der Waals surface area (Å²) in [6, 6.07) is 19.1. The highest BCUT2D eigenvalue weighted by atomic mass is 35.5. The molecule has 6 heteroatoms. The third-order valence-corrected chi connectivity index (χ3v) is 4.67. The Balaban J connectivity index is 1.87. The van der Waals surface area contributed by atoms with Crippen LogP contribution in [0.25, 0.3) is 11.1 Å². The van der Waals surface area contributed by atoms with Gasteiger partial charge in [-0.25, -0.2) is 4.79 Å². The van der Waals surface area contributed by atoms with Crippen LogP contribution in [-0.4, -0.2) is 11.2 Å². The molecule has 1 heterocycles. The van der Waals surface area contributed by atoms with Crippen LogP contribution in [0.4, 0.5) is 16.2 Å². The van der Waals surface area contributed by atoms with E-state index in [4.69, 9.17) is 16.7 Å². The zero-order valence-electron chi connectivity index (χ0n) is 12.6. The van der Waals surface area contributed by atoms with Crippen molar-refractivity contribution in [1.82, 2.24) is 0 Å². The van der Waals surface area contributed by atoms with Crippen molar-refractivity contribution in [2.75, 3.05) is 10.6 Å². The lowest BCUT2D eigenvalue weighted by Gasteiger charge is -2.13. The van der Waals surface area contributed by atoms with Crippen LogP contribution in [0.15, 0.2) is 60.7 Å². The number of halogens is 1. The van der Waals surface area contributed by atoms with E-state index in [1.165, 1.54) is 11.3 Å². The van der Waals surface area contributed by atoms with Crippen LogP contribution < -0.4 is 10.6 Å². The summed E-state index contributed by atoms with van der Waals surface area (Å²) < 4.78 is 0.762. The van der Waals surface area contributed by atoms with E-state index in [0.29, 0.717) is 12.2 Å². The number of thiophene rings is 1. The van der Waals surface area contributed by atoms with Crippen LogP contribution in [0.2, 0.25) is 4.34 Å². The number of amides is 1. The average molecular weight is 359 g/mol. The van der Waals surface area contributed by atoms with E-state index in [1.807, 2.05) is 54.6 Å². The van der Waals surface area contributed by atoms with Crippen LogP contribution in [0.3, 0.4) is 0 Å². The first-order valence-electron chi connectivity index (χ1n) is 7.29. The van der Waals surface area contributed by atoms with E-state index < -0.39 is 6.09 Å². The molecule has 0 fully saturated rings. The van der Waals surface area contributed by atoms with Crippen molar-refractivity contribution in [3.05, 3.63) is 69.9 Å². The molecular weight excluding hydrogens is 344 g/mol. The number of hydrogen-bond donors (Lipinski definition) is 3. The van der Waals surface area contributed by atoms with E-state index in [0.717, 1.165) is 26.0 Å². The van der Waals surface area contributed by atoms with Crippen LogP contribution in [0, 0.1) is 0 Å². The third kappa shape index (κ3) is 4.07. The number of anilines is 2. The summed E-state index contributed by atoms with van der Waals surface area (Å²) in [7, 11) is 0. The van der Waals surface area contributed by atoms with Crippen LogP contribution in [0.5, 0.6) is 0 Å². The zero-order valence-corrected chi connectivity index (χ0v) is 14.2. The number of nitrogens with one attached hydrogen (secondary N) is 2. The summed E-state index contributed by atoms with van der Waals surface area (Å²) in [4.78, 5) is 12.1. The first kappa shape index (κ1) is 16.4. The number of benzene rings is 2. The van der Waals surface area contributed by atoms with Gasteiger partial charge in [-0.1, -0.05) is 41.9 Å². The molecule has 24 heavy (non-hydrogen) atoms. The van der Waals surface area contributed by atoms with Gasteiger partial charge in [-0.15, -0.1) is 11.3 Å². The molecule has 122 valence electrons. The minimum Gasteiger partial charge on any atom is -0.465 e. The van der Waals surface area contributed by atoms with E-state index in [-0.39, 0.29) is 0 Å². The predicted octanol–water partition coefficient (Wildman–Crippen LogP) is 5.77. The molecule has 3 N–H and O–H groups in total. The van der Waals surface area contributed by atoms with Crippen molar-refractivity contribution in [2.24, 2.45) is 0 Å². The SMILES string of the molecule is O=C(O)Nc1ccc(NCc2ccc(Cl)s2)cc1-c1ccccc1. The van der Waals surface area contributed by atoms with Gasteiger partial charge in [0.05, 0.1) is 10.0 Å². The zero-order chi connectivity index (χ0) is 16.9. The maximum atomic E-state index is 11.0. The van der Waals surface area contributed by atoms with Crippen LogP contribution >= 0.6 is 22.9 Å². The molecule has 0 aliphatic carbocycles. The van der Waals surface area contributed by atoms with Gasteiger partial charge in [0.15, 0.2) is 0 Å². The lowest BCUT2D eigenvalue weighted by molar-refractivity contribution is 0.210. The Morgan fingerprint density at radius 2 is 1.88 bits per heavy atom. The van der Waals surface area contributed by atoms with E-state index in [2.05, 4.69) is 10.6 Å². The van der Waals surface area contributed by atoms with Crippen molar-refractivity contribution in [3.63, 3.8) is 0 Å². The van der Waals surface area contributed by atoms with Gasteiger partial charge in [-0.05, 0) is 35.9 Å². The highest BCUT2D eigenvalue weighted by Gasteiger charge is 2.09. The molecule has 0 saturated heterocycles. The maximum Gasteiger partial charge on any atom is 0.409 e. The molecule has 0 aliphatic heterocycles. The van der Waals surface area contributed by atoms with Crippen molar-refractivity contribution in [2.45, 2.75) is 6.54 Å². The molecule has 0 saturated carbocycles. The number of rotatable bonds is 5. The van der Waals surface area contributed by atoms with Crippen molar-refractivity contribution in [3.8, 4) is 11.1 Å². The normalized spacial score (nSPS) is 10.4. The van der Waals surface area contributed by atoms with Gasteiger partial charge in [-0.3, -0.25) is 5.32 Å². The quantitative estimate of drug-likeness (QED) is 0.542. The lowest BCUT2D eigenvalue weighted by atomic mass is 10.0. The topological polar surface area (TPSA) is 61.4 Å². The smallest absolute Gasteiger partial charge is 0.409 e. The Kier molecular flexibility index (Phi) is 5.03. The van der Waals surface area contributed by atoms with E-state index in [1.54, 1.807) is 6.07 Å². The van der Waals surface area contributed by atoms with E-state index >= 15 is 0 Å². The summed E-state index contributed by atoms with van der Waals surface area (Å²) in [5.41, 5.74) is 3.24. The van der Waals surface area contributed by atoms with Gasteiger partial charge in [0, 0.05) is 22.7 Å². The molecule has 0 spiro atoms. The van der Waals surface area contributed by atoms with Crippen molar-refractivity contribution < 1.29 is 9.90 Å². The molecule has 3 rings (SSSR count). The second-order valence-electron chi connectivity index (χ2n) is 5.12. The predicted molar refractivity (Wildman–Crippen MR) is 100 cm³/mol. The Bertz CT molecular complexity index is 849. The highest BCUT2D eigenvalue weighted by molar-refractivity contribution is 7.16. The number of hydrogen-bond acceptors (Lipinski definition) is 3. The Labute approximate surface area is 148 Å². The molecule has 3 aromatic rings. The average Bonchev–Trinajstić information content (AvgIpc) is 3.00. The monoisotopic (exact) mass is 358 g/mol. The summed E-state index contributed by atoms with van der Waals surface area (Å²) in [6.45, 7) is 0.664. The minimum atomic E-state index is -1.08. The lowest BCUT2D eigenvalue weighted by Crippen LogP contribution is -2.08. The summed E-state index contributed by atoms with van der Waals surface area (Å²) in [5.74, 6) is 0. The number of carboxylic acid groups (broad SMARTS) is 1. The van der Waals surface area contributed by atoms with Gasteiger partial charge < -0.3 is 10.4 Å². The standard InChI is InChI=1S/C18H15ClN2O2S/c19-17-9-7-14(24-17)11-20-13-6-8-16(21-18(22)23)15(10-13)12-4-2-1-3-5-12/h1-10,20-21H,11H2,(H,22,23). The Morgan fingerprint density at radius 3 is 2.54 bits per heavy atom. The third-order valence-electron chi connectivity index (χ3n) is 3.44. The molecular formula is C18H15ClN2O2S. The Hall–Kier alpha value is -2.50. The van der Waals surface area contributed by atoms with Crippen LogP contribution in [0.1, 0.15) is 4.88 Å². The van der Waals surface area contributed by atoms with Gasteiger partial charge >= 0.3 is 6.09 Å². The fraction of sp³-hybridized carbons (Fsp3) is 0.0556. The second kappa shape index (κ2) is 7.38. The largest absolute Gasteiger partial charge is 0.465 e. The Morgan fingerprint density at radius 1 is 1.08 bits per heavy atom.